The molecular formula is C17H21ClN2O3. The molecular weight excluding hydrogens is 316 g/mol. The minimum absolute atomic E-state index is 0.0124. The van der Waals surface area contributed by atoms with Crippen molar-refractivity contribution in [1.82, 2.24) is 10.6 Å². The molecule has 2 fully saturated rings. The monoisotopic (exact) mass is 336 g/mol. The average Bonchev–Trinajstić information content (AvgIpc) is 3.27. The highest BCUT2D eigenvalue weighted by Gasteiger charge is 2.54. The molecule has 2 N–H and O–H groups in total. The maximum Gasteiger partial charge on any atom is 0.258 e. The number of hydrogen-bond acceptors (Lipinski definition) is 3. The molecule has 0 saturated heterocycles. The van der Waals surface area contributed by atoms with Crippen LogP contribution in [-0.2, 0) is 9.59 Å². The van der Waals surface area contributed by atoms with Crippen molar-refractivity contribution in [2.75, 3.05) is 6.61 Å². The highest BCUT2D eigenvalue weighted by atomic mass is 35.5. The van der Waals surface area contributed by atoms with E-state index in [1.165, 1.54) is 0 Å². The number of fused-ring (bicyclic) bond motifs is 1. The second-order valence-corrected chi connectivity index (χ2v) is 6.68. The van der Waals surface area contributed by atoms with Crippen LogP contribution in [0.4, 0.5) is 0 Å². The number of rotatable bonds is 6. The zero-order chi connectivity index (χ0) is 16.4. The molecule has 3 rings (SSSR count). The van der Waals surface area contributed by atoms with Crippen LogP contribution in [0.15, 0.2) is 24.3 Å². The molecule has 0 spiro atoms. The molecule has 2 aliphatic carbocycles. The molecule has 2 amide bonds. The first kappa shape index (κ1) is 16.1. The van der Waals surface area contributed by atoms with Gasteiger partial charge < -0.3 is 15.4 Å². The number of halogens is 1. The van der Waals surface area contributed by atoms with Gasteiger partial charge in [-0.15, -0.1) is 0 Å². The predicted octanol–water partition coefficient (Wildman–Crippen LogP) is 2.14. The van der Waals surface area contributed by atoms with Crippen molar-refractivity contribution in [1.29, 1.82) is 0 Å². The van der Waals surface area contributed by atoms with Crippen LogP contribution < -0.4 is 15.4 Å². The molecule has 124 valence electrons. The van der Waals surface area contributed by atoms with Gasteiger partial charge in [0.2, 0.25) is 5.91 Å². The summed E-state index contributed by atoms with van der Waals surface area (Å²) in [5.41, 5.74) is 0. The SMILES string of the molecule is CCC(=O)N[C@@H]1C[C@H](NC(=O)COc2ccc(Cl)cc2)C2CC21. The van der Waals surface area contributed by atoms with Gasteiger partial charge in [0, 0.05) is 23.5 Å². The molecule has 0 bridgehead atoms. The third-order valence-corrected chi connectivity index (χ3v) is 4.88. The zero-order valence-electron chi connectivity index (χ0n) is 13.0. The summed E-state index contributed by atoms with van der Waals surface area (Å²) < 4.78 is 5.45. The van der Waals surface area contributed by atoms with E-state index in [4.69, 9.17) is 16.3 Å². The second-order valence-electron chi connectivity index (χ2n) is 6.24. The summed E-state index contributed by atoms with van der Waals surface area (Å²) in [5.74, 6) is 1.59. The number of nitrogens with one attached hydrogen (secondary N) is 2. The second kappa shape index (κ2) is 6.79. The van der Waals surface area contributed by atoms with E-state index in [1.807, 2.05) is 6.92 Å². The maximum atomic E-state index is 12.0. The Kier molecular flexibility index (Phi) is 4.76. The normalized spacial score (nSPS) is 27.9. The van der Waals surface area contributed by atoms with E-state index >= 15 is 0 Å². The molecule has 2 aliphatic rings. The molecule has 23 heavy (non-hydrogen) atoms. The number of hydrogen-bond donors (Lipinski definition) is 2. The van der Waals surface area contributed by atoms with Crippen molar-refractivity contribution in [3.8, 4) is 5.75 Å². The minimum Gasteiger partial charge on any atom is -0.484 e. The van der Waals surface area contributed by atoms with E-state index in [2.05, 4.69) is 10.6 Å². The van der Waals surface area contributed by atoms with E-state index < -0.39 is 0 Å². The summed E-state index contributed by atoms with van der Waals surface area (Å²) in [6.07, 6.45) is 2.39. The van der Waals surface area contributed by atoms with E-state index in [-0.39, 0.29) is 30.5 Å². The van der Waals surface area contributed by atoms with Crippen LogP contribution in [-0.4, -0.2) is 30.5 Å². The fraction of sp³-hybridized carbons (Fsp3) is 0.529. The van der Waals surface area contributed by atoms with Crippen LogP contribution in [0.5, 0.6) is 5.75 Å². The Bertz CT molecular complexity index is 590. The van der Waals surface area contributed by atoms with E-state index in [0.29, 0.717) is 29.0 Å². The molecule has 2 unspecified atom stereocenters. The summed E-state index contributed by atoms with van der Waals surface area (Å²) in [6, 6.07) is 7.26. The summed E-state index contributed by atoms with van der Waals surface area (Å²) in [7, 11) is 0. The van der Waals surface area contributed by atoms with E-state index in [0.717, 1.165) is 12.8 Å². The predicted molar refractivity (Wildman–Crippen MR) is 87.3 cm³/mol. The molecule has 0 aromatic heterocycles. The zero-order valence-corrected chi connectivity index (χ0v) is 13.8. The van der Waals surface area contributed by atoms with Crippen molar-refractivity contribution in [3.05, 3.63) is 29.3 Å². The van der Waals surface area contributed by atoms with Crippen molar-refractivity contribution in [3.63, 3.8) is 0 Å². The molecule has 6 heteroatoms. The maximum absolute atomic E-state index is 12.0. The standard InChI is InChI=1S/C17H21ClN2O3/c1-2-16(21)19-14-8-15(13-7-12(13)14)20-17(22)9-23-11-5-3-10(18)4-6-11/h3-6,12-15H,2,7-9H2,1H3,(H,19,21)(H,20,22)/t12?,13?,14-,15+/m1/s1. The lowest BCUT2D eigenvalue weighted by atomic mass is 10.1. The highest BCUT2D eigenvalue weighted by molar-refractivity contribution is 6.30. The lowest BCUT2D eigenvalue weighted by molar-refractivity contribution is -0.123. The molecule has 4 atom stereocenters. The van der Waals surface area contributed by atoms with Gasteiger partial charge in [0.15, 0.2) is 6.61 Å². The van der Waals surface area contributed by atoms with Crippen molar-refractivity contribution < 1.29 is 14.3 Å². The Morgan fingerprint density at radius 1 is 1.09 bits per heavy atom. The fourth-order valence-corrected chi connectivity index (χ4v) is 3.48. The van der Waals surface area contributed by atoms with Crippen LogP contribution >= 0.6 is 11.6 Å². The van der Waals surface area contributed by atoms with Gasteiger partial charge >= 0.3 is 0 Å². The van der Waals surface area contributed by atoms with Crippen LogP contribution in [0.25, 0.3) is 0 Å². The van der Waals surface area contributed by atoms with Crippen LogP contribution in [0.1, 0.15) is 26.2 Å². The third kappa shape index (κ3) is 3.96. The van der Waals surface area contributed by atoms with Gasteiger partial charge in [0.25, 0.3) is 5.91 Å². The minimum atomic E-state index is -0.127. The Labute approximate surface area is 140 Å². The third-order valence-electron chi connectivity index (χ3n) is 4.63. The Morgan fingerprint density at radius 2 is 1.70 bits per heavy atom. The molecule has 1 aromatic rings. The highest BCUT2D eigenvalue weighted by Crippen LogP contribution is 2.51. The molecule has 2 saturated carbocycles. The number of carbonyl (C=O) groups excluding carboxylic acids is 2. The van der Waals surface area contributed by atoms with E-state index in [1.54, 1.807) is 24.3 Å². The average molecular weight is 337 g/mol. The first-order valence-corrected chi connectivity index (χ1v) is 8.41. The Balaban J connectivity index is 1.44. The van der Waals surface area contributed by atoms with Crippen molar-refractivity contribution >= 4 is 23.4 Å². The first-order valence-electron chi connectivity index (χ1n) is 8.04. The molecule has 5 nitrogen and oxygen atoms in total. The Hall–Kier alpha value is -1.75. The summed E-state index contributed by atoms with van der Waals surface area (Å²) in [4.78, 5) is 23.6. The number of amides is 2. The lowest BCUT2D eigenvalue weighted by Crippen LogP contribution is -2.41. The molecule has 1 aromatic carbocycles. The van der Waals surface area contributed by atoms with Gasteiger partial charge in [-0.3, -0.25) is 9.59 Å². The Morgan fingerprint density at radius 3 is 2.30 bits per heavy atom. The summed E-state index contributed by atoms with van der Waals surface area (Å²) >= 11 is 5.80. The van der Waals surface area contributed by atoms with E-state index in [9.17, 15) is 9.59 Å². The number of benzene rings is 1. The number of ether oxygens (including phenoxy) is 1. The molecule has 0 heterocycles. The lowest BCUT2D eigenvalue weighted by Gasteiger charge is -2.18. The summed E-state index contributed by atoms with van der Waals surface area (Å²) in [6.45, 7) is 1.84. The van der Waals surface area contributed by atoms with Crippen LogP contribution in [0.2, 0.25) is 5.02 Å². The van der Waals surface area contributed by atoms with Gasteiger partial charge in [-0.2, -0.15) is 0 Å². The van der Waals surface area contributed by atoms with Crippen molar-refractivity contribution in [2.45, 2.75) is 38.3 Å². The van der Waals surface area contributed by atoms with Crippen molar-refractivity contribution in [2.24, 2.45) is 11.8 Å². The van der Waals surface area contributed by atoms with Gasteiger partial charge in [-0.05, 0) is 48.9 Å². The number of carbonyl (C=O) groups is 2. The summed E-state index contributed by atoms with van der Waals surface area (Å²) in [5, 5.41) is 6.72. The molecule has 0 aliphatic heterocycles. The smallest absolute Gasteiger partial charge is 0.258 e. The van der Waals surface area contributed by atoms with Gasteiger partial charge in [0.05, 0.1) is 0 Å². The van der Waals surface area contributed by atoms with Gasteiger partial charge in [0.1, 0.15) is 5.75 Å². The largest absolute Gasteiger partial charge is 0.484 e. The topological polar surface area (TPSA) is 67.4 Å². The van der Waals surface area contributed by atoms with Gasteiger partial charge in [-0.25, -0.2) is 0 Å². The first-order chi connectivity index (χ1) is 11.1. The van der Waals surface area contributed by atoms with Gasteiger partial charge in [-0.1, -0.05) is 18.5 Å². The van der Waals surface area contributed by atoms with Crippen LogP contribution in [0.3, 0.4) is 0 Å². The fourth-order valence-electron chi connectivity index (χ4n) is 3.35. The quantitative estimate of drug-likeness (QED) is 0.836. The van der Waals surface area contributed by atoms with Crippen LogP contribution in [0, 0.1) is 11.8 Å². The molecule has 0 radical (unpaired) electrons.